The van der Waals surface area contributed by atoms with Crippen LogP contribution in [-0.4, -0.2) is 31.5 Å². The molecule has 0 bridgehead atoms. The first-order chi connectivity index (χ1) is 13.7. The van der Waals surface area contributed by atoms with Gasteiger partial charge in [-0.1, -0.05) is 42.0 Å². The normalized spacial score (nSPS) is 11.8. The standard InChI is InChI=1S/C21H16N6O/c1-12-6-8-17-15(10-12)19-20(23-17)24-21(27-25-19)26-22-11-16-14-5-3-2-4-13(14)7-9-18(16)28/h2-11,28H,1H3,(H2,23,24,26,27)/b22-11+. The minimum atomic E-state index is 0.157. The highest BCUT2D eigenvalue weighted by Crippen LogP contribution is 2.26. The predicted molar refractivity (Wildman–Crippen MR) is 111 cm³/mol. The molecule has 2 aromatic heterocycles. The van der Waals surface area contributed by atoms with E-state index >= 15 is 0 Å². The number of hydrogen-bond donors (Lipinski definition) is 3. The molecule has 7 heteroatoms. The smallest absolute Gasteiger partial charge is 0.265 e. The number of aryl methyl sites for hydroxylation is 1. The van der Waals surface area contributed by atoms with Crippen LogP contribution in [-0.2, 0) is 0 Å². The van der Waals surface area contributed by atoms with Gasteiger partial charge in [-0.15, -0.1) is 10.2 Å². The Labute approximate surface area is 159 Å². The predicted octanol–water partition coefficient (Wildman–Crippen LogP) is 4.12. The number of nitrogens with zero attached hydrogens (tertiary/aromatic N) is 4. The number of aromatic hydroxyl groups is 1. The number of nitrogens with one attached hydrogen (secondary N) is 2. The fourth-order valence-corrected chi connectivity index (χ4v) is 3.31. The van der Waals surface area contributed by atoms with Crippen molar-refractivity contribution in [1.82, 2.24) is 20.2 Å². The molecule has 0 aliphatic heterocycles. The number of benzene rings is 3. The van der Waals surface area contributed by atoms with E-state index in [0.717, 1.165) is 32.8 Å². The van der Waals surface area contributed by atoms with Gasteiger partial charge >= 0.3 is 0 Å². The molecule has 5 rings (SSSR count). The quantitative estimate of drug-likeness (QED) is 0.329. The average Bonchev–Trinajstić information content (AvgIpc) is 3.06. The highest BCUT2D eigenvalue weighted by atomic mass is 16.3. The van der Waals surface area contributed by atoms with E-state index in [1.54, 1.807) is 12.3 Å². The number of H-pyrrole nitrogens is 1. The van der Waals surface area contributed by atoms with Crippen LogP contribution >= 0.6 is 0 Å². The second-order valence-electron chi connectivity index (χ2n) is 6.60. The van der Waals surface area contributed by atoms with Crippen molar-refractivity contribution in [3.8, 4) is 5.75 Å². The molecule has 0 fully saturated rings. The van der Waals surface area contributed by atoms with Crippen LogP contribution in [0.4, 0.5) is 5.95 Å². The summed E-state index contributed by atoms with van der Waals surface area (Å²) < 4.78 is 0. The van der Waals surface area contributed by atoms with Gasteiger partial charge in [0.05, 0.1) is 6.21 Å². The minimum Gasteiger partial charge on any atom is -0.507 e. The van der Waals surface area contributed by atoms with Gasteiger partial charge in [-0.25, -0.2) is 5.43 Å². The highest BCUT2D eigenvalue weighted by Gasteiger charge is 2.09. The van der Waals surface area contributed by atoms with Crippen molar-refractivity contribution in [2.24, 2.45) is 5.10 Å². The molecule has 0 atom stereocenters. The third-order valence-corrected chi connectivity index (χ3v) is 4.68. The molecule has 0 aliphatic carbocycles. The number of phenolic OH excluding ortho intramolecular Hbond substituents is 1. The topological polar surface area (TPSA) is 99.1 Å². The van der Waals surface area contributed by atoms with Gasteiger partial charge in [0.15, 0.2) is 5.65 Å². The summed E-state index contributed by atoms with van der Waals surface area (Å²) in [5, 5.41) is 25.7. The fraction of sp³-hybridized carbons (Fsp3) is 0.0476. The summed E-state index contributed by atoms with van der Waals surface area (Å²) in [6.07, 6.45) is 1.56. The number of aromatic nitrogens is 4. The number of anilines is 1. The molecule has 136 valence electrons. The van der Waals surface area contributed by atoms with Crippen molar-refractivity contribution in [1.29, 1.82) is 0 Å². The number of aromatic amines is 1. The first kappa shape index (κ1) is 16.2. The summed E-state index contributed by atoms with van der Waals surface area (Å²) in [6.45, 7) is 2.03. The molecule has 7 nitrogen and oxygen atoms in total. The van der Waals surface area contributed by atoms with Crippen LogP contribution in [0, 0.1) is 6.92 Å². The number of hydrazone groups is 1. The van der Waals surface area contributed by atoms with Crippen LogP contribution in [0.3, 0.4) is 0 Å². The fourth-order valence-electron chi connectivity index (χ4n) is 3.31. The Morgan fingerprint density at radius 2 is 1.93 bits per heavy atom. The lowest BCUT2D eigenvalue weighted by Gasteiger charge is -2.04. The van der Waals surface area contributed by atoms with Gasteiger partial charge in [-0.3, -0.25) is 0 Å². The van der Waals surface area contributed by atoms with Gasteiger partial charge < -0.3 is 10.1 Å². The van der Waals surface area contributed by atoms with Crippen molar-refractivity contribution in [2.75, 3.05) is 5.43 Å². The zero-order valence-electron chi connectivity index (χ0n) is 15.0. The lowest BCUT2D eigenvalue weighted by molar-refractivity contribution is 0.475. The molecule has 0 saturated carbocycles. The molecule has 0 spiro atoms. The molecular weight excluding hydrogens is 352 g/mol. The van der Waals surface area contributed by atoms with Crippen molar-refractivity contribution in [2.45, 2.75) is 6.92 Å². The molecule has 2 heterocycles. The lowest BCUT2D eigenvalue weighted by Crippen LogP contribution is -1.99. The number of phenols is 1. The summed E-state index contributed by atoms with van der Waals surface area (Å²) in [5.41, 5.74) is 6.89. The van der Waals surface area contributed by atoms with Gasteiger partial charge in [0, 0.05) is 16.5 Å². The summed E-state index contributed by atoms with van der Waals surface area (Å²) in [4.78, 5) is 7.68. The van der Waals surface area contributed by atoms with E-state index in [1.165, 1.54) is 0 Å². The van der Waals surface area contributed by atoms with Gasteiger partial charge in [-0.05, 0) is 35.9 Å². The van der Waals surface area contributed by atoms with Crippen LogP contribution in [0.25, 0.3) is 32.8 Å². The maximum atomic E-state index is 10.2. The molecule has 0 aliphatic rings. The van der Waals surface area contributed by atoms with Crippen LogP contribution in [0.5, 0.6) is 5.75 Å². The third-order valence-electron chi connectivity index (χ3n) is 4.68. The Morgan fingerprint density at radius 1 is 1.04 bits per heavy atom. The monoisotopic (exact) mass is 368 g/mol. The molecular formula is C21H16N6O. The molecule has 28 heavy (non-hydrogen) atoms. The summed E-state index contributed by atoms with van der Waals surface area (Å²) in [5.74, 6) is 0.427. The minimum absolute atomic E-state index is 0.157. The SMILES string of the molecule is Cc1ccc2[nH]c3nc(N/N=C/c4c(O)ccc5ccccc45)nnc3c2c1. The molecule has 0 amide bonds. The van der Waals surface area contributed by atoms with Crippen LogP contribution in [0.2, 0.25) is 0 Å². The Bertz CT molecular complexity index is 1370. The summed E-state index contributed by atoms with van der Waals surface area (Å²) in [6, 6.07) is 17.4. The maximum absolute atomic E-state index is 10.2. The molecule has 5 aromatic rings. The van der Waals surface area contributed by atoms with E-state index in [0.29, 0.717) is 11.2 Å². The van der Waals surface area contributed by atoms with Crippen LogP contribution < -0.4 is 5.43 Å². The Balaban J connectivity index is 1.48. The van der Waals surface area contributed by atoms with Gasteiger partial charge in [0.25, 0.3) is 5.95 Å². The van der Waals surface area contributed by atoms with Crippen molar-refractivity contribution < 1.29 is 5.11 Å². The third kappa shape index (κ3) is 2.69. The molecule has 0 saturated heterocycles. The van der Waals surface area contributed by atoms with E-state index in [2.05, 4.69) is 36.8 Å². The average molecular weight is 368 g/mol. The molecule has 3 aromatic carbocycles. The zero-order valence-corrected chi connectivity index (χ0v) is 15.0. The zero-order chi connectivity index (χ0) is 19.1. The Kier molecular flexibility index (Phi) is 3.65. The lowest BCUT2D eigenvalue weighted by atomic mass is 10.0. The van der Waals surface area contributed by atoms with Crippen LogP contribution in [0.15, 0.2) is 59.7 Å². The number of fused-ring (bicyclic) bond motifs is 4. The Hall–Kier alpha value is -4.00. The van der Waals surface area contributed by atoms with Gasteiger partial charge in [0.2, 0.25) is 0 Å². The maximum Gasteiger partial charge on any atom is 0.265 e. The second-order valence-corrected chi connectivity index (χ2v) is 6.60. The summed E-state index contributed by atoms with van der Waals surface area (Å²) in [7, 11) is 0. The van der Waals surface area contributed by atoms with Crippen molar-refractivity contribution in [3.05, 3.63) is 65.7 Å². The van der Waals surface area contributed by atoms with E-state index in [4.69, 9.17) is 0 Å². The molecule has 3 N–H and O–H groups in total. The van der Waals surface area contributed by atoms with Crippen molar-refractivity contribution >= 4 is 45.0 Å². The van der Waals surface area contributed by atoms with Crippen LogP contribution in [0.1, 0.15) is 11.1 Å². The van der Waals surface area contributed by atoms with Gasteiger partial charge in [-0.2, -0.15) is 10.1 Å². The number of hydrogen-bond acceptors (Lipinski definition) is 6. The Morgan fingerprint density at radius 3 is 2.86 bits per heavy atom. The van der Waals surface area contributed by atoms with Crippen molar-refractivity contribution in [3.63, 3.8) is 0 Å². The first-order valence-electron chi connectivity index (χ1n) is 8.81. The van der Waals surface area contributed by atoms with E-state index < -0.39 is 0 Å². The first-order valence-corrected chi connectivity index (χ1v) is 8.81. The van der Waals surface area contributed by atoms with E-state index in [1.807, 2.05) is 49.4 Å². The summed E-state index contributed by atoms with van der Waals surface area (Å²) >= 11 is 0. The second kappa shape index (κ2) is 6.31. The highest BCUT2D eigenvalue weighted by molar-refractivity contribution is 6.04. The molecule has 0 unspecified atom stereocenters. The largest absolute Gasteiger partial charge is 0.507 e. The van der Waals surface area contributed by atoms with E-state index in [9.17, 15) is 5.11 Å². The molecule has 0 radical (unpaired) electrons. The van der Waals surface area contributed by atoms with Gasteiger partial charge in [0.1, 0.15) is 11.3 Å². The van der Waals surface area contributed by atoms with E-state index in [-0.39, 0.29) is 11.7 Å². The number of rotatable bonds is 3.